The summed E-state index contributed by atoms with van der Waals surface area (Å²) in [5.41, 5.74) is 0.940. The Balaban J connectivity index is 1.98. The highest BCUT2D eigenvalue weighted by molar-refractivity contribution is 7.89. The Hall–Kier alpha value is -3.22. The lowest BCUT2D eigenvalue weighted by Crippen LogP contribution is -2.26. The summed E-state index contributed by atoms with van der Waals surface area (Å²) in [7, 11) is -2.81. The first-order valence-corrected chi connectivity index (χ1v) is 11.0. The maximum Gasteiger partial charge on any atom is 0.329 e. The van der Waals surface area contributed by atoms with Crippen molar-refractivity contribution in [3.05, 3.63) is 63.8 Å². The minimum atomic E-state index is -4.30. The van der Waals surface area contributed by atoms with Gasteiger partial charge in [-0.15, -0.1) is 0 Å². The van der Waals surface area contributed by atoms with E-state index in [9.17, 15) is 22.0 Å². The number of nitrogens with zero attached hydrogens (tertiary/aromatic N) is 4. The fourth-order valence-electron chi connectivity index (χ4n) is 3.57. The number of aryl methyl sites for hydroxylation is 1. The first-order valence-electron chi connectivity index (χ1n) is 9.47. The molecule has 0 unspecified atom stereocenters. The summed E-state index contributed by atoms with van der Waals surface area (Å²) in [5.74, 6) is -2.27. The van der Waals surface area contributed by atoms with Crippen LogP contribution in [0.3, 0.4) is 0 Å². The molecule has 0 amide bonds. The smallest absolute Gasteiger partial charge is 0.329 e. The second-order valence-corrected chi connectivity index (χ2v) is 8.80. The van der Waals surface area contributed by atoms with Crippen LogP contribution in [0.4, 0.5) is 8.78 Å². The van der Waals surface area contributed by atoms with Gasteiger partial charge in [-0.3, -0.25) is 9.13 Å². The number of nitrogens with two attached hydrogens (primary N) is 1. The number of fused-ring (bicyclic) bond motifs is 3. The van der Waals surface area contributed by atoms with Gasteiger partial charge in [-0.25, -0.2) is 37.1 Å². The lowest BCUT2D eigenvalue weighted by atomic mass is 10.2. The molecule has 0 fully saturated rings. The van der Waals surface area contributed by atoms with Gasteiger partial charge in [0.1, 0.15) is 11.6 Å². The van der Waals surface area contributed by atoms with Crippen LogP contribution in [0.1, 0.15) is 11.3 Å². The zero-order valence-corrected chi connectivity index (χ0v) is 18.0. The van der Waals surface area contributed by atoms with Crippen molar-refractivity contribution in [3.63, 3.8) is 0 Å². The number of imidazole rings is 1. The molecule has 0 bridgehead atoms. The van der Waals surface area contributed by atoms with Gasteiger partial charge in [0.25, 0.3) is 0 Å². The van der Waals surface area contributed by atoms with Crippen LogP contribution in [0.2, 0.25) is 0 Å². The molecule has 0 atom stereocenters. The van der Waals surface area contributed by atoms with Crippen LogP contribution in [0.25, 0.3) is 22.1 Å². The number of pyridine rings is 2. The summed E-state index contributed by atoms with van der Waals surface area (Å²) in [4.78, 5) is 21.2. The summed E-state index contributed by atoms with van der Waals surface area (Å²) in [6, 6.07) is 4.74. The van der Waals surface area contributed by atoms with Crippen LogP contribution in [-0.2, 0) is 27.8 Å². The zero-order chi connectivity index (χ0) is 23.2. The quantitative estimate of drug-likeness (QED) is 0.464. The molecule has 9 nitrogen and oxygen atoms in total. The van der Waals surface area contributed by atoms with E-state index in [0.29, 0.717) is 39.9 Å². The SMILES string of the molecule is COCCn1c(=O)n(Cc2c(F)cc(S(N)(=O)=O)cc2F)c2c3ccc(C)nc3ncc21. The molecule has 0 aliphatic carbocycles. The van der Waals surface area contributed by atoms with E-state index in [2.05, 4.69) is 9.97 Å². The van der Waals surface area contributed by atoms with Crippen LogP contribution < -0.4 is 10.8 Å². The third kappa shape index (κ3) is 3.76. The predicted octanol–water partition coefficient (Wildman–Crippen LogP) is 1.67. The van der Waals surface area contributed by atoms with E-state index in [-0.39, 0.29) is 13.2 Å². The minimum absolute atomic E-state index is 0.195. The molecule has 168 valence electrons. The van der Waals surface area contributed by atoms with Gasteiger partial charge in [0.15, 0.2) is 5.65 Å². The lowest BCUT2D eigenvalue weighted by Gasteiger charge is -2.09. The summed E-state index contributed by atoms with van der Waals surface area (Å²) in [5, 5.41) is 5.51. The molecule has 0 spiro atoms. The predicted molar refractivity (Wildman–Crippen MR) is 113 cm³/mol. The van der Waals surface area contributed by atoms with E-state index in [1.807, 2.05) is 0 Å². The van der Waals surface area contributed by atoms with Gasteiger partial charge in [0.05, 0.1) is 41.8 Å². The second kappa shape index (κ2) is 8.04. The van der Waals surface area contributed by atoms with Crippen LogP contribution in [0.15, 0.2) is 40.2 Å². The number of ether oxygens (including phenoxy) is 1. The molecule has 4 aromatic rings. The summed E-state index contributed by atoms with van der Waals surface area (Å²) < 4.78 is 60.1. The largest absolute Gasteiger partial charge is 0.383 e. The number of hydrogen-bond acceptors (Lipinski definition) is 6. The zero-order valence-electron chi connectivity index (χ0n) is 17.2. The number of rotatable bonds is 6. The van der Waals surface area contributed by atoms with Gasteiger partial charge < -0.3 is 4.74 Å². The molecular weight excluding hydrogens is 444 g/mol. The van der Waals surface area contributed by atoms with Gasteiger partial charge in [-0.05, 0) is 31.2 Å². The number of methoxy groups -OCH3 is 1. The number of aromatic nitrogens is 4. The first-order chi connectivity index (χ1) is 15.1. The molecule has 0 aliphatic rings. The summed E-state index contributed by atoms with van der Waals surface area (Å²) in [6.07, 6.45) is 1.48. The molecule has 1 aromatic carbocycles. The van der Waals surface area contributed by atoms with Crippen molar-refractivity contribution >= 4 is 32.1 Å². The van der Waals surface area contributed by atoms with Crippen molar-refractivity contribution < 1.29 is 21.9 Å². The second-order valence-electron chi connectivity index (χ2n) is 7.24. The Kier molecular flexibility index (Phi) is 5.53. The molecule has 32 heavy (non-hydrogen) atoms. The van der Waals surface area contributed by atoms with E-state index in [4.69, 9.17) is 9.88 Å². The van der Waals surface area contributed by atoms with Crippen molar-refractivity contribution in [1.82, 2.24) is 19.1 Å². The van der Waals surface area contributed by atoms with E-state index in [1.54, 1.807) is 19.1 Å². The Morgan fingerprint density at radius 3 is 2.47 bits per heavy atom. The normalized spacial score (nSPS) is 12.2. The average molecular weight is 463 g/mol. The summed E-state index contributed by atoms with van der Waals surface area (Å²) in [6.45, 7) is 1.74. The number of hydrogen-bond donors (Lipinski definition) is 1. The number of primary sulfonamides is 1. The van der Waals surface area contributed by atoms with Crippen LogP contribution in [0, 0.1) is 18.6 Å². The Labute approximate surface area is 181 Å². The van der Waals surface area contributed by atoms with E-state index >= 15 is 0 Å². The molecule has 0 aliphatic heterocycles. The van der Waals surface area contributed by atoms with Crippen molar-refractivity contribution in [2.45, 2.75) is 24.9 Å². The van der Waals surface area contributed by atoms with Crippen LogP contribution in [0.5, 0.6) is 0 Å². The minimum Gasteiger partial charge on any atom is -0.383 e. The number of halogens is 2. The van der Waals surface area contributed by atoms with Gasteiger partial charge in [0, 0.05) is 23.8 Å². The van der Waals surface area contributed by atoms with Crippen molar-refractivity contribution in [2.75, 3.05) is 13.7 Å². The maximum atomic E-state index is 14.7. The monoisotopic (exact) mass is 463 g/mol. The van der Waals surface area contributed by atoms with Crippen molar-refractivity contribution in [2.24, 2.45) is 5.14 Å². The maximum absolute atomic E-state index is 14.7. The van der Waals surface area contributed by atoms with E-state index < -0.39 is 44.4 Å². The first kappa shape index (κ1) is 22.0. The van der Waals surface area contributed by atoms with Crippen molar-refractivity contribution in [1.29, 1.82) is 0 Å². The van der Waals surface area contributed by atoms with Gasteiger partial charge >= 0.3 is 5.69 Å². The fourth-order valence-corrected chi connectivity index (χ4v) is 4.11. The molecule has 2 N–H and O–H groups in total. The highest BCUT2D eigenvalue weighted by Gasteiger charge is 2.22. The lowest BCUT2D eigenvalue weighted by molar-refractivity contribution is 0.187. The molecule has 0 saturated carbocycles. The van der Waals surface area contributed by atoms with E-state index in [1.165, 1.54) is 22.4 Å². The fraction of sp³-hybridized carbons (Fsp3) is 0.250. The Morgan fingerprint density at radius 2 is 1.84 bits per heavy atom. The Morgan fingerprint density at radius 1 is 1.16 bits per heavy atom. The number of benzene rings is 1. The molecule has 3 aromatic heterocycles. The molecule has 0 saturated heterocycles. The highest BCUT2D eigenvalue weighted by atomic mass is 32.2. The third-order valence-electron chi connectivity index (χ3n) is 5.12. The van der Waals surface area contributed by atoms with Crippen LogP contribution >= 0.6 is 0 Å². The topological polar surface area (TPSA) is 122 Å². The molecule has 0 radical (unpaired) electrons. The van der Waals surface area contributed by atoms with Gasteiger partial charge in [0.2, 0.25) is 10.0 Å². The Bertz CT molecular complexity index is 1510. The average Bonchev–Trinajstić information content (AvgIpc) is 2.99. The molecule has 4 rings (SSSR count). The number of sulfonamides is 1. The van der Waals surface area contributed by atoms with E-state index in [0.717, 1.165) is 0 Å². The van der Waals surface area contributed by atoms with Crippen LogP contribution in [-0.4, -0.2) is 41.2 Å². The highest BCUT2D eigenvalue weighted by Crippen LogP contribution is 2.25. The summed E-state index contributed by atoms with van der Waals surface area (Å²) >= 11 is 0. The molecule has 12 heteroatoms. The third-order valence-corrected chi connectivity index (χ3v) is 6.01. The standard InChI is InChI=1S/C20H19F2N5O4S/c1-11-3-4-13-18-17(9-24-19(13)25-11)26(5-6-31-2)20(28)27(18)10-14-15(21)7-12(8-16(14)22)32(23,29)30/h3-4,7-9H,5-6,10H2,1-2H3,(H2,23,29,30). The molecular formula is C20H19F2N5O4S. The molecule has 3 heterocycles. The van der Waals surface area contributed by atoms with Gasteiger partial charge in [-0.1, -0.05) is 0 Å². The van der Waals surface area contributed by atoms with Gasteiger partial charge in [-0.2, -0.15) is 0 Å². The van der Waals surface area contributed by atoms with Crippen molar-refractivity contribution in [3.8, 4) is 0 Å².